The first-order valence-electron chi connectivity index (χ1n) is 7.24. The summed E-state index contributed by atoms with van der Waals surface area (Å²) in [5.41, 5.74) is 2.94. The van der Waals surface area contributed by atoms with Crippen LogP contribution in [0.25, 0.3) is 10.9 Å². The fourth-order valence-corrected chi connectivity index (χ4v) is 2.97. The Hall–Kier alpha value is -1.35. The lowest BCUT2D eigenvalue weighted by molar-refractivity contribution is 0.337. The summed E-state index contributed by atoms with van der Waals surface area (Å²) < 4.78 is 1.97. The number of hydrogen-bond acceptors (Lipinski definition) is 2. The van der Waals surface area contributed by atoms with E-state index in [9.17, 15) is 0 Å². The molecule has 0 saturated heterocycles. The predicted octanol–water partition coefficient (Wildman–Crippen LogP) is 3.10. The third kappa shape index (κ3) is 2.27. The quantitative estimate of drug-likeness (QED) is 0.892. The summed E-state index contributed by atoms with van der Waals surface area (Å²) in [7, 11) is 2.02. The Morgan fingerprint density at radius 1 is 1.32 bits per heavy atom. The standard InChI is InChI=1S/C16H23N3/c1-12(2)16(8-9-16)11-17-10-14-13-6-4-5-7-15(13)19(3)18-14/h4-7,12,17H,8-11H2,1-3H3. The highest BCUT2D eigenvalue weighted by Gasteiger charge is 2.44. The number of aromatic nitrogens is 2. The summed E-state index contributed by atoms with van der Waals surface area (Å²) in [5.74, 6) is 0.778. The number of nitrogens with one attached hydrogen (secondary N) is 1. The van der Waals surface area contributed by atoms with E-state index >= 15 is 0 Å². The minimum atomic E-state index is 0.560. The van der Waals surface area contributed by atoms with Crippen LogP contribution in [0.2, 0.25) is 0 Å². The topological polar surface area (TPSA) is 29.9 Å². The first-order chi connectivity index (χ1) is 9.12. The second-order valence-electron chi connectivity index (χ2n) is 6.21. The van der Waals surface area contributed by atoms with Gasteiger partial charge < -0.3 is 5.32 Å². The van der Waals surface area contributed by atoms with Gasteiger partial charge >= 0.3 is 0 Å². The maximum Gasteiger partial charge on any atom is 0.0841 e. The molecule has 1 aromatic carbocycles. The first kappa shape index (κ1) is 12.7. The molecule has 1 saturated carbocycles. The molecule has 1 aliphatic rings. The lowest BCUT2D eigenvalue weighted by Gasteiger charge is -2.19. The fourth-order valence-electron chi connectivity index (χ4n) is 2.97. The van der Waals surface area contributed by atoms with Crippen molar-refractivity contribution in [1.82, 2.24) is 15.1 Å². The van der Waals surface area contributed by atoms with Crippen molar-refractivity contribution in [1.29, 1.82) is 0 Å². The Kier molecular flexibility index (Phi) is 3.09. The largest absolute Gasteiger partial charge is 0.311 e. The first-order valence-corrected chi connectivity index (χ1v) is 7.24. The molecule has 0 unspecified atom stereocenters. The summed E-state index contributed by atoms with van der Waals surface area (Å²) in [4.78, 5) is 0. The zero-order valence-electron chi connectivity index (χ0n) is 12.1. The van der Waals surface area contributed by atoms with E-state index in [0.29, 0.717) is 5.41 Å². The summed E-state index contributed by atoms with van der Waals surface area (Å²) in [6.45, 7) is 6.67. The summed E-state index contributed by atoms with van der Waals surface area (Å²) in [6, 6.07) is 8.44. The maximum absolute atomic E-state index is 4.63. The van der Waals surface area contributed by atoms with Gasteiger partial charge in [0.2, 0.25) is 0 Å². The zero-order valence-corrected chi connectivity index (χ0v) is 12.1. The lowest BCUT2D eigenvalue weighted by atomic mass is 9.92. The molecular weight excluding hydrogens is 234 g/mol. The van der Waals surface area contributed by atoms with Gasteiger partial charge in [-0.15, -0.1) is 0 Å². The van der Waals surface area contributed by atoms with Crippen molar-refractivity contribution in [3.8, 4) is 0 Å². The second kappa shape index (κ2) is 4.64. The highest BCUT2D eigenvalue weighted by molar-refractivity contribution is 5.81. The van der Waals surface area contributed by atoms with E-state index in [2.05, 4.69) is 48.5 Å². The number of fused-ring (bicyclic) bond motifs is 1. The van der Waals surface area contributed by atoms with Gasteiger partial charge in [0, 0.05) is 25.5 Å². The van der Waals surface area contributed by atoms with Gasteiger partial charge in [-0.2, -0.15) is 5.10 Å². The SMILES string of the molecule is CC(C)C1(CNCc2nn(C)c3ccccc23)CC1. The van der Waals surface area contributed by atoms with Gasteiger partial charge in [-0.05, 0) is 30.2 Å². The molecule has 2 aromatic rings. The number of nitrogens with zero attached hydrogens (tertiary/aromatic N) is 2. The van der Waals surface area contributed by atoms with Crippen molar-refractivity contribution < 1.29 is 0 Å². The number of para-hydroxylation sites is 1. The number of aryl methyl sites for hydroxylation is 1. The van der Waals surface area contributed by atoms with Crippen molar-refractivity contribution in [2.24, 2.45) is 18.4 Å². The minimum absolute atomic E-state index is 0.560. The normalized spacial score (nSPS) is 17.3. The van der Waals surface area contributed by atoms with Crippen molar-refractivity contribution >= 4 is 10.9 Å². The van der Waals surface area contributed by atoms with E-state index < -0.39 is 0 Å². The van der Waals surface area contributed by atoms with Crippen LogP contribution in [-0.2, 0) is 13.6 Å². The molecule has 3 heteroatoms. The molecule has 19 heavy (non-hydrogen) atoms. The zero-order chi connectivity index (χ0) is 13.5. The molecule has 102 valence electrons. The summed E-state index contributed by atoms with van der Waals surface area (Å²) >= 11 is 0. The minimum Gasteiger partial charge on any atom is -0.311 e. The van der Waals surface area contributed by atoms with Gasteiger partial charge in [0.1, 0.15) is 0 Å². The van der Waals surface area contributed by atoms with Crippen LogP contribution >= 0.6 is 0 Å². The van der Waals surface area contributed by atoms with Crippen molar-refractivity contribution in [2.45, 2.75) is 33.2 Å². The molecule has 0 aliphatic heterocycles. The molecule has 1 fully saturated rings. The summed E-state index contributed by atoms with van der Waals surface area (Å²) in [6.07, 6.45) is 2.75. The van der Waals surface area contributed by atoms with Gasteiger partial charge in [-0.25, -0.2) is 0 Å². The average molecular weight is 257 g/mol. The Labute approximate surface area is 115 Å². The number of rotatable bonds is 5. The van der Waals surface area contributed by atoms with Crippen LogP contribution in [0.15, 0.2) is 24.3 Å². The van der Waals surface area contributed by atoms with E-state index in [4.69, 9.17) is 0 Å². The Morgan fingerprint density at radius 3 is 2.74 bits per heavy atom. The average Bonchev–Trinajstić information content (AvgIpc) is 3.12. The van der Waals surface area contributed by atoms with Crippen LogP contribution in [0.3, 0.4) is 0 Å². The van der Waals surface area contributed by atoms with Crippen LogP contribution in [0.1, 0.15) is 32.4 Å². The molecule has 3 rings (SSSR count). The van der Waals surface area contributed by atoms with Crippen molar-refractivity contribution in [3.05, 3.63) is 30.0 Å². The Morgan fingerprint density at radius 2 is 2.05 bits per heavy atom. The van der Waals surface area contributed by atoms with Crippen LogP contribution in [-0.4, -0.2) is 16.3 Å². The smallest absolute Gasteiger partial charge is 0.0841 e. The third-order valence-corrected chi connectivity index (χ3v) is 4.72. The molecule has 0 amide bonds. The van der Waals surface area contributed by atoms with E-state index in [-0.39, 0.29) is 0 Å². The number of hydrogen-bond donors (Lipinski definition) is 1. The van der Waals surface area contributed by atoms with Gasteiger partial charge in [-0.1, -0.05) is 32.0 Å². The van der Waals surface area contributed by atoms with Gasteiger partial charge in [0.15, 0.2) is 0 Å². The van der Waals surface area contributed by atoms with Crippen LogP contribution < -0.4 is 5.32 Å². The Balaban J connectivity index is 1.69. The fraction of sp³-hybridized carbons (Fsp3) is 0.562. The van der Waals surface area contributed by atoms with Crippen molar-refractivity contribution in [3.63, 3.8) is 0 Å². The number of benzene rings is 1. The predicted molar refractivity (Wildman–Crippen MR) is 78.9 cm³/mol. The van der Waals surface area contributed by atoms with E-state index in [1.54, 1.807) is 0 Å². The lowest BCUT2D eigenvalue weighted by Crippen LogP contribution is -2.27. The molecule has 0 bridgehead atoms. The van der Waals surface area contributed by atoms with Crippen molar-refractivity contribution in [2.75, 3.05) is 6.54 Å². The Bertz CT molecular complexity index is 579. The monoisotopic (exact) mass is 257 g/mol. The molecule has 1 aromatic heterocycles. The molecule has 0 radical (unpaired) electrons. The van der Waals surface area contributed by atoms with Gasteiger partial charge in [0.05, 0.1) is 11.2 Å². The van der Waals surface area contributed by atoms with E-state index in [1.807, 2.05) is 11.7 Å². The second-order valence-corrected chi connectivity index (χ2v) is 6.21. The third-order valence-electron chi connectivity index (χ3n) is 4.72. The molecule has 1 aliphatic carbocycles. The van der Waals surface area contributed by atoms with Crippen LogP contribution in [0.4, 0.5) is 0 Å². The van der Waals surface area contributed by atoms with Crippen LogP contribution in [0.5, 0.6) is 0 Å². The molecular formula is C16H23N3. The highest BCUT2D eigenvalue weighted by atomic mass is 15.3. The van der Waals surface area contributed by atoms with E-state index in [0.717, 1.165) is 24.7 Å². The van der Waals surface area contributed by atoms with E-state index in [1.165, 1.54) is 23.7 Å². The molecule has 0 spiro atoms. The molecule has 3 nitrogen and oxygen atoms in total. The molecule has 1 heterocycles. The van der Waals surface area contributed by atoms with Gasteiger partial charge in [0.25, 0.3) is 0 Å². The maximum atomic E-state index is 4.63. The molecule has 0 atom stereocenters. The summed E-state index contributed by atoms with van der Waals surface area (Å²) in [5, 5.41) is 9.51. The van der Waals surface area contributed by atoms with Gasteiger partial charge in [-0.3, -0.25) is 4.68 Å². The van der Waals surface area contributed by atoms with Crippen LogP contribution in [0, 0.1) is 11.3 Å². The molecule has 1 N–H and O–H groups in total. The highest BCUT2D eigenvalue weighted by Crippen LogP contribution is 2.51.